The van der Waals surface area contributed by atoms with E-state index < -0.39 is 30.0 Å². The third-order valence-corrected chi connectivity index (χ3v) is 6.27. The zero-order valence-corrected chi connectivity index (χ0v) is 22.3. The first-order valence-electron chi connectivity index (χ1n) is 11.3. The van der Waals surface area contributed by atoms with E-state index in [4.69, 9.17) is 0 Å². The van der Waals surface area contributed by atoms with Gasteiger partial charge in [-0.25, -0.2) is 4.39 Å². The van der Waals surface area contributed by atoms with Crippen LogP contribution in [0.5, 0.6) is 0 Å². The minimum atomic E-state index is -1.35. The van der Waals surface area contributed by atoms with Crippen LogP contribution in [-0.4, -0.2) is 28.4 Å². The molecule has 0 aliphatic heterocycles. The predicted molar refractivity (Wildman–Crippen MR) is 124 cm³/mol. The summed E-state index contributed by atoms with van der Waals surface area (Å²) in [6, 6.07) is 13.1. The Morgan fingerprint density at radius 3 is 2.30 bits per heavy atom. The van der Waals surface area contributed by atoms with Gasteiger partial charge >= 0.3 is 29.6 Å². The summed E-state index contributed by atoms with van der Waals surface area (Å²) in [7, 11) is 0. The number of aliphatic hydroxyl groups excluding tert-OH is 2. The Hall–Kier alpha value is -1.50. The van der Waals surface area contributed by atoms with Gasteiger partial charge in [-0.3, -0.25) is 0 Å². The quantitative estimate of drug-likeness (QED) is 0.492. The van der Waals surface area contributed by atoms with Gasteiger partial charge in [-0.05, 0) is 47.1 Å². The minimum Gasteiger partial charge on any atom is -0.550 e. The van der Waals surface area contributed by atoms with E-state index in [0.717, 1.165) is 29.5 Å². The molecule has 2 aromatic rings. The van der Waals surface area contributed by atoms with Gasteiger partial charge in [-0.1, -0.05) is 76.2 Å². The fourth-order valence-electron chi connectivity index (χ4n) is 4.42. The Morgan fingerprint density at radius 1 is 1.12 bits per heavy atom. The molecule has 0 spiro atoms. The minimum absolute atomic E-state index is 0. The largest absolute Gasteiger partial charge is 1.00 e. The summed E-state index contributed by atoms with van der Waals surface area (Å²) < 4.78 is 14.8. The van der Waals surface area contributed by atoms with Crippen molar-refractivity contribution in [1.82, 2.24) is 0 Å². The number of rotatable bonds is 11. The molecular weight excluding hydrogens is 430 g/mol. The molecule has 0 heterocycles. The van der Waals surface area contributed by atoms with Crippen LogP contribution in [0.1, 0.15) is 81.5 Å². The van der Waals surface area contributed by atoms with Gasteiger partial charge in [0.15, 0.2) is 0 Å². The normalized spacial score (nSPS) is 13.7. The Bertz CT molecular complexity index is 937. The van der Waals surface area contributed by atoms with E-state index >= 15 is 0 Å². The third-order valence-electron chi connectivity index (χ3n) is 6.27. The molecule has 0 unspecified atom stereocenters. The third kappa shape index (κ3) is 7.49. The summed E-state index contributed by atoms with van der Waals surface area (Å²) in [5, 5.41) is 30.4. The van der Waals surface area contributed by atoms with Crippen LogP contribution in [0.25, 0.3) is 6.08 Å². The first-order chi connectivity index (χ1) is 15.1. The average Bonchev–Trinajstić information content (AvgIpc) is 2.74. The molecule has 0 aliphatic carbocycles. The summed E-state index contributed by atoms with van der Waals surface area (Å²) in [5.41, 5.74) is 3.31. The number of benzene rings is 2. The second-order valence-corrected chi connectivity index (χ2v) is 8.66. The van der Waals surface area contributed by atoms with E-state index in [1.807, 2.05) is 24.3 Å². The molecule has 33 heavy (non-hydrogen) atoms. The van der Waals surface area contributed by atoms with Gasteiger partial charge in [-0.15, -0.1) is 0 Å². The molecule has 6 heteroatoms. The van der Waals surface area contributed by atoms with E-state index in [1.54, 1.807) is 18.2 Å². The number of carboxylic acid groups (broad SMARTS) is 1. The van der Waals surface area contributed by atoms with Crippen LogP contribution in [0.4, 0.5) is 4.39 Å². The fourth-order valence-corrected chi connectivity index (χ4v) is 4.42. The molecule has 2 atom stereocenters. The molecule has 0 bridgehead atoms. The standard InChI is InChI=1S/C27H35FO4.Na/c1-5-27(6-2,24-9-7-8-10-25(24)28)20-13-11-19(23(15-20)18(3)4)12-14-21(29)16-22(30)17-26(31)32;/h7-15,18,21-22,29-30H,5-6,16-17H2,1-4H3,(H,31,32);/q;+1/p-1/b14-12+;/t21-,22-;/m1./s1. The van der Waals surface area contributed by atoms with Crippen LogP contribution < -0.4 is 34.7 Å². The smallest absolute Gasteiger partial charge is 0.550 e. The maximum atomic E-state index is 14.8. The molecule has 0 saturated heterocycles. The second kappa shape index (κ2) is 13.4. The molecule has 174 valence electrons. The number of aliphatic hydroxyl groups is 2. The molecular formula is C27H34FNaO4. The van der Waals surface area contributed by atoms with Crippen molar-refractivity contribution in [2.24, 2.45) is 0 Å². The van der Waals surface area contributed by atoms with Crippen molar-refractivity contribution in [2.75, 3.05) is 0 Å². The SMILES string of the molecule is CCC(CC)(c1ccc(/C=C/[C@@H](O)C[C@@H](O)CC(=O)[O-])c(C(C)C)c1)c1ccccc1F.[Na+]. The van der Waals surface area contributed by atoms with Gasteiger partial charge in [-0.2, -0.15) is 0 Å². The van der Waals surface area contributed by atoms with Gasteiger partial charge in [0, 0.05) is 24.2 Å². The van der Waals surface area contributed by atoms with Gasteiger partial charge in [0.2, 0.25) is 0 Å². The number of hydrogen-bond acceptors (Lipinski definition) is 4. The molecule has 0 radical (unpaired) electrons. The molecule has 2 rings (SSSR count). The van der Waals surface area contributed by atoms with Crippen molar-refractivity contribution >= 4 is 12.0 Å². The average molecular weight is 465 g/mol. The number of aliphatic carboxylic acids is 1. The summed E-state index contributed by atoms with van der Waals surface area (Å²) in [6.45, 7) is 8.32. The molecule has 0 saturated carbocycles. The van der Waals surface area contributed by atoms with Crippen LogP contribution in [0.15, 0.2) is 48.5 Å². The Morgan fingerprint density at radius 2 is 1.76 bits per heavy atom. The number of halogens is 1. The summed E-state index contributed by atoms with van der Waals surface area (Å²) in [6.07, 6.45) is 2.12. The predicted octanol–water partition coefficient (Wildman–Crippen LogP) is 1.32. The first kappa shape index (κ1) is 29.5. The number of carbonyl (C=O) groups excluding carboxylic acids is 1. The maximum Gasteiger partial charge on any atom is 1.00 e. The van der Waals surface area contributed by atoms with Crippen molar-refractivity contribution in [3.05, 3.63) is 76.6 Å². The fraction of sp³-hybridized carbons (Fsp3) is 0.444. The van der Waals surface area contributed by atoms with Crippen LogP contribution in [0, 0.1) is 5.82 Å². The van der Waals surface area contributed by atoms with Crippen molar-refractivity contribution in [3.8, 4) is 0 Å². The summed E-state index contributed by atoms with van der Waals surface area (Å²) in [5.74, 6) is -1.36. The molecule has 2 N–H and O–H groups in total. The van der Waals surface area contributed by atoms with Crippen LogP contribution in [-0.2, 0) is 10.2 Å². The molecule has 0 fully saturated rings. The molecule has 2 aromatic carbocycles. The monoisotopic (exact) mass is 464 g/mol. The van der Waals surface area contributed by atoms with Gasteiger partial charge in [0.05, 0.1) is 12.2 Å². The Balaban J connectivity index is 0.00000544. The number of hydrogen-bond donors (Lipinski definition) is 2. The number of carbonyl (C=O) groups is 1. The van der Waals surface area contributed by atoms with Crippen molar-refractivity contribution in [1.29, 1.82) is 0 Å². The molecule has 0 aromatic heterocycles. The number of carboxylic acids is 1. The summed E-state index contributed by atoms with van der Waals surface area (Å²) >= 11 is 0. The van der Waals surface area contributed by atoms with E-state index in [1.165, 1.54) is 6.07 Å². The van der Waals surface area contributed by atoms with E-state index in [9.17, 15) is 24.5 Å². The molecule has 0 amide bonds. The van der Waals surface area contributed by atoms with E-state index in [2.05, 4.69) is 33.8 Å². The van der Waals surface area contributed by atoms with Crippen LogP contribution >= 0.6 is 0 Å². The zero-order chi connectivity index (χ0) is 23.9. The summed E-state index contributed by atoms with van der Waals surface area (Å²) in [4.78, 5) is 10.6. The zero-order valence-electron chi connectivity index (χ0n) is 20.3. The second-order valence-electron chi connectivity index (χ2n) is 8.66. The Kier molecular flexibility index (Phi) is 12.0. The van der Waals surface area contributed by atoms with Gasteiger partial charge in [0.1, 0.15) is 5.82 Å². The van der Waals surface area contributed by atoms with Crippen LogP contribution in [0.2, 0.25) is 0 Å². The molecule has 0 aliphatic rings. The maximum absolute atomic E-state index is 14.8. The van der Waals surface area contributed by atoms with Crippen molar-refractivity contribution in [2.45, 2.75) is 76.9 Å². The topological polar surface area (TPSA) is 80.6 Å². The van der Waals surface area contributed by atoms with Crippen molar-refractivity contribution < 1.29 is 54.1 Å². The van der Waals surface area contributed by atoms with Crippen molar-refractivity contribution in [3.63, 3.8) is 0 Å². The van der Waals surface area contributed by atoms with Gasteiger partial charge in [0.25, 0.3) is 0 Å². The van der Waals surface area contributed by atoms with E-state index in [0.29, 0.717) is 5.56 Å². The Labute approximate surface area is 218 Å². The van der Waals surface area contributed by atoms with Crippen LogP contribution in [0.3, 0.4) is 0 Å². The van der Waals surface area contributed by atoms with Gasteiger partial charge < -0.3 is 20.1 Å². The first-order valence-corrected chi connectivity index (χ1v) is 11.3. The molecule has 4 nitrogen and oxygen atoms in total. The van der Waals surface area contributed by atoms with E-state index in [-0.39, 0.29) is 47.7 Å².